The van der Waals surface area contributed by atoms with E-state index in [0.717, 1.165) is 0 Å². The Bertz CT molecular complexity index is 458. The molecule has 1 saturated heterocycles. The lowest BCUT2D eigenvalue weighted by Crippen LogP contribution is -2.48. The molecule has 1 aliphatic rings. The number of hydrogen-bond acceptors (Lipinski definition) is 4. The molecule has 6 heteroatoms. The van der Waals surface area contributed by atoms with Gasteiger partial charge in [0, 0.05) is 24.5 Å². The molecule has 1 heterocycles. The Morgan fingerprint density at radius 3 is 2.50 bits per heavy atom. The number of methoxy groups -OCH3 is 1. The molecular formula is C12H15N3O3. The Kier molecular flexibility index (Phi) is 3.78. The van der Waals surface area contributed by atoms with Gasteiger partial charge < -0.3 is 15.4 Å². The highest BCUT2D eigenvalue weighted by Gasteiger charge is 2.24. The predicted octanol–water partition coefficient (Wildman–Crippen LogP) is 1.02. The van der Waals surface area contributed by atoms with Crippen LogP contribution in [0.4, 0.5) is 16.2 Å². The monoisotopic (exact) mass is 249 g/mol. The van der Waals surface area contributed by atoms with Crippen molar-refractivity contribution in [3.05, 3.63) is 24.3 Å². The van der Waals surface area contributed by atoms with Crippen LogP contribution in [-0.2, 0) is 9.53 Å². The summed E-state index contributed by atoms with van der Waals surface area (Å²) in [6, 6.07) is 6.92. The number of hydrogen-bond donors (Lipinski definition) is 3. The average molecular weight is 249 g/mol. The summed E-state index contributed by atoms with van der Waals surface area (Å²) in [5, 5.41) is 8.38. The fourth-order valence-corrected chi connectivity index (χ4v) is 1.56. The Balaban J connectivity index is 1.98. The second kappa shape index (κ2) is 5.50. The van der Waals surface area contributed by atoms with Crippen LogP contribution in [0.5, 0.6) is 0 Å². The topological polar surface area (TPSA) is 79.5 Å². The van der Waals surface area contributed by atoms with Gasteiger partial charge in [0.1, 0.15) is 0 Å². The summed E-state index contributed by atoms with van der Waals surface area (Å²) in [5.41, 5.74) is 1.23. The molecule has 18 heavy (non-hydrogen) atoms. The lowest BCUT2D eigenvalue weighted by molar-refractivity contribution is -0.121. The highest BCUT2D eigenvalue weighted by atomic mass is 16.5. The molecule has 1 aromatic carbocycles. The third-order valence-corrected chi connectivity index (χ3v) is 2.71. The van der Waals surface area contributed by atoms with E-state index < -0.39 is 6.09 Å². The zero-order valence-corrected chi connectivity index (χ0v) is 10.0. The Morgan fingerprint density at radius 1 is 1.28 bits per heavy atom. The van der Waals surface area contributed by atoms with Crippen molar-refractivity contribution in [2.45, 2.75) is 0 Å². The molecule has 0 atom stereocenters. The molecule has 0 saturated carbocycles. The first kappa shape index (κ1) is 12.4. The van der Waals surface area contributed by atoms with Crippen LogP contribution in [0.25, 0.3) is 0 Å². The van der Waals surface area contributed by atoms with Gasteiger partial charge in [0.15, 0.2) is 0 Å². The van der Waals surface area contributed by atoms with Crippen molar-refractivity contribution in [3.63, 3.8) is 0 Å². The third kappa shape index (κ3) is 2.98. The van der Waals surface area contributed by atoms with Crippen LogP contribution < -0.4 is 16.0 Å². The molecule has 96 valence electrons. The minimum absolute atomic E-state index is 0.0102. The highest BCUT2D eigenvalue weighted by molar-refractivity contribution is 5.94. The van der Waals surface area contributed by atoms with Gasteiger partial charge >= 0.3 is 6.09 Å². The molecule has 0 aliphatic carbocycles. The van der Waals surface area contributed by atoms with E-state index in [0.29, 0.717) is 24.5 Å². The Hall–Kier alpha value is -2.08. The molecule has 6 nitrogen and oxygen atoms in total. The summed E-state index contributed by atoms with van der Waals surface area (Å²) in [4.78, 5) is 22.8. The fraction of sp³-hybridized carbons (Fsp3) is 0.333. The van der Waals surface area contributed by atoms with Gasteiger partial charge in [-0.3, -0.25) is 10.1 Å². The molecule has 3 N–H and O–H groups in total. The number of ether oxygens (including phenoxy) is 1. The van der Waals surface area contributed by atoms with Crippen molar-refractivity contribution in [2.75, 3.05) is 30.8 Å². The fourth-order valence-electron chi connectivity index (χ4n) is 1.56. The van der Waals surface area contributed by atoms with Crippen molar-refractivity contribution in [3.8, 4) is 0 Å². The molecule has 0 radical (unpaired) electrons. The van der Waals surface area contributed by atoms with Crippen LogP contribution in [0, 0.1) is 5.92 Å². The van der Waals surface area contributed by atoms with E-state index in [4.69, 9.17) is 0 Å². The van der Waals surface area contributed by atoms with E-state index in [1.807, 2.05) is 0 Å². The maximum Gasteiger partial charge on any atom is 0.411 e. The zero-order valence-electron chi connectivity index (χ0n) is 10.0. The smallest absolute Gasteiger partial charge is 0.411 e. The maximum atomic E-state index is 11.7. The minimum Gasteiger partial charge on any atom is -0.453 e. The van der Waals surface area contributed by atoms with Crippen LogP contribution in [0.15, 0.2) is 24.3 Å². The summed E-state index contributed by atoms with van der Waals surface area (Å²) in [6.07, 6.45) is -0.540. The number of nitrogens with one attached hydrogen (secondary N) is 3. The normalized spacial score (nSPS) is 14.5. The minimum atomic E-state index is -0.540. The Morgan fingerprint density at radius 2 is 1.94 bits per heavy atom. The van der Waals surface area contributed by atoms with Gasteiger partial charge in [0.2, 0.25) is 5.91 Å². The average Bonchev–Trinajstić information content (AvgIpc) is 2.26. The number of amides is 2. The van der Waals surface area contributed by atoms with E-state index in [2.05, 4.69) is 20.7 Å². The van der Waals surface area contributed by atoms with E-state index in [1.54, 1.807) is 24.3 Å². The third-order valence-electron chi connectivity index (χ3n) is 2.71. The molecule has 1 fully saturated rings. The second-order valence-electron chi connectivity index (χ2n) is 4.04. The molecule has 2 rings (SSSR count). The molecule has 2 amide bonds. The first-order valence-electron chi connectivity index (χ1n) is 5.65. The van der Waals surface area contributed by atoms with Crippen molar-refractivity contribution < 1.29 is 14.3 Å². The SMILES string of the molecule is COC(=O)Nc1cccc(NC(=O)C2CNC2)c1. The quantitative estimate of drug-likeness (QED) is 0.747. The summed E-state index contributed by atoms with van der Waals surface area (Å²) >= 11 is 0. The van der Waals surface area contributed by atoms with Crippen LogP contribution in [0.1, 0.15) is 0 Å². The number of carbonyl (C=O) groups excluding carboxylic acids is 2. The van der Waals surface area contributed by atoms with Crippen LogP contribution in [0.3, 0.4) is 0 Å². The van der Waals surface area contributed by atoms with Crippen molar-refractivity contribution in [1.29, 1.82) is 0 Å². The summed E-state index contributed by atoms with van der Waals surface area (Å²) in [5.74, 6) is 0.0196. The largest absolute Gasteiger partial charge is 0.453 e. The molecule has 0 aromatic heterocycles. The second-order valence-corrected chi connectivity index (χ2v) is 4.04. The molecule has 0 unspecified atom stereocenters. The molecule has 0 bridgehead atoms. The lowest BCUT2D eigenvalue weighted by Gasteiger charge is -2.25. The lowest BCUT2D eigenvalue weighted by atomic mass is 10.0. The number of anilines is 2. The summed E-state index contributed by atoms with van der Waals surface area (Å²) in [6.45, 7) is 1.43. The maximum absolute atomic E-state index is 11.7. The van der Waals surface area contributed by atoms with Crippen LogP contribution in [0.2, 0.25) is 0 Å². The van der Waals surface area contributed by atoms with Crippen LogP contribution in [-0.4, -0.2) is 32.2 Å². The first-order chi connectivity index (χ1) is 8.69. The van der Waals surface area contributed by atoms with Crippen LogP contribution >= 0.6 is 0 Å². The van der Waals surface area contributed by atoms with E-state index >= 15 is 0 Å². The van der Waals surface area contributed by atoms with Crippen molar-refractivity contribution in [2.24, 2.45) is 5.92 Å². The standard InChI is InChI=1S/C12H15N3O3/c1-18-12(17)15-10-4-2-3-9(5-10)14-11(16)8-6-13-7-8/h2-5,8,13H,6-7H2,1H3,(H,14,16)(H,15,17). The summed E-state index contributed by atoms with van der Waals surface area (Å²) in [7, 11) is 1.30. The van der Waals surface area contributed by atoms with Crippen molar-refractivity contribution in [1.82, 2.24) is 5.32 Å². The number of benzene rings is 1. The van der Waals surface area contributed by atoms with Gasteiger partial charge in [0.25, 0.3) is 0 Å². The van der Waals surface area contributed by atoms with Crippen molar-refractivity contribution >= 4 is 23.4 Å². The van der Waals surface area contributed by atoms with Gasteiger partial charge in [-0.15, -0.1) is 0 Å². The molecule has 1 aromatic rings. The molecule has 1 aliphatic heterocycles. The van der Waals surface area contributed by atoms with Gasteiger partial charge in [0.05, 0.1) is 13.0 Å². The number of carbonyl (C=O) groups is 2. The highest BCUT2D eigenvalue weighted by Crippen LogP contribution is 2.16. The van der Waals surface area contributed by atoms with Gasteiger partial charge in [-0.2, -0.15) is 0 Å². The molecule has 0 spiro atoms. The van der Waals surface area contributed by atoms with E-state index in [-0.39, 0.29) is 11.8 Å². The summed E-state index contributed by atoms with van der Waals surface area (Å²) < 4.78 is 4.49. The molecular weight excluding hydrogens is 234 g/mol. The van der Waals surface area contributed by atoms with Gasteiger partial charge in [-0.25, -0.2) is 4.79 Å². The van der Waals surface area contributed by atoms with E-state index in [9.17, 15) is 9.59 Å². The van der Waals surface area contributed by atoms with E-state index in [1.165, 1.54) is 7.11 Å². The predicted molar refractivity (Wildman–Crippen MR) is 67.5 cm³/mol. The Labute approximate surface area is 105 Å². The number of rotatable bonds is 3. The zero-order chi connectivity index (χ0) is 13.0. The van der Waals surface area contributed by atoms with Gasteiger partial charge in [-0.1, -0.05) is 6.07 Å². The van der Waals surface area contributed by atoms with Gasteiger partial charge in [-0.05, 0) is 18.2 Å². The first-order valence-corrected chi connectivity index (χ1v) is 5.65.